The van der Waals surface area contributed by atoms with Crippen LogP contribution in [0.2, 0.25) is 0 Å². The van der Waals surface area contributed by atoms with Gasteiger partial charge in [-0.1, -0.05) is 19.9 Å². The van der Waals surface area contributed by atoms with Crippen LogP contribution in [0.15, 0.2) is 22.6 Å². The van der Waals surface area contributed by atoms with Gasteiger partial charge in [0.25, 0.3) is 0 Å². The predicted octanol–water partition coefficient (Wildman–Crippen LogP) is 4.20. The van der Waals surface area contributed by atoms with Crippen molar-refractivity contribution in [2.24, 2.45) is 0 Å². The summed E-state index contributed by atoms with van der Waals surface area (Å²) in [5, 5.41) is 12.4. The summed E-state index contributed by atoms with van der Waals surface area (Å²) in [5.74, 6) is -0.327. The van der Waals surface area contributed by atoms with Crippen LogP contribution in [0, 0.1) is 23.0 Å². The lowest BCUT2D eigenvalue weighted by atomic mass is 10.0. The van der Waals surface area contributed by atoms with E-state index >= 15 is 0 Å². The smallest absolute Gasteiger partial charge is 0.232 e. The molecule has 5 nitrogen and oxygen atoms in total. The predicted molar refractivity (Wildman–Crippen MR) is 93.7 cm³/mol. The van der Waals surface area contributed by atoms with Crippen LogP contribution in [-0.4, -0.2) is 29.5 Å². The van der Waals surface area contributed by atoms with E-state index in [0.717, 1.165) is 32.0 Å². The zero-order chi connectivity index (χ0) is 18.7. The Balaban J connectivity index is 1.84. The first-order chi connectivity index (χ1) is 12.5. The molecule has 138 valence electrons. The minimum Gasteiger partial charge on any atom is -0.424 e. The molecular weight excluding hydrogens is 338 g/mol. The van der Waals surface area contributed by atoms with E-state index in [1.807, 2.05) is 19.9 Å². The van der Waals surface area contributed by atoms with Crippen LogP contribution < -0.4 is 5.32 Å². The Hall–Kier alpha value is -2.46. The largest absolute Gasteiger partial charge is 0.424 e. The SMILES string of the molecule is CC(C)c1nc(C#N)c(NC[C@H](c2ccc(F)cc2F)N2CCCC2)o1. The van der Waals surface area contributed by atoms with Gasteiger partial charge >= 0.3 is 0 Å². The fourth-order valence-electron chi connectivity index (χ4n) is 3.23. The molecule has 0 amide bonds. The lowest BCUT2D eigenvalue weighted by Crippen LogP contribution is -2.31. The second-order valence-electron chi connectivity index (χ2n) is 6.80. The highest BCUT2D eigenvalue weighted by Crippen LogP contribution is 2.29. The topological polar surface area (TPSA) is 65.1 Å². The third-order valence-corrected chi connectivity index (χ3v) is 4.60. The number of benzene rings is 1. The van der Waals surface area contributed by atoms with Crippen molar-refractivity contribution in [2.75, 3.05) is 25.0 Å². The molecule has 1 aromatic heterocycles. The monoisotopic (exact) mass is 360 g/mol. The second kappa shape index (κ2) is 7.83. The van der Waals surface area contributed by atoms with Gasteiger partial charge < -0.3 is 9.73 Å². The van der Waals surface area contributed by atoms with Gasteiger partial charge in [-0.25, -0.2) is 13.8 Å². The van der Waals surface area contributed by atoms with Gasteiger partial charge in [0.05, 0.1) is 6.04 Å². The normalized spacial score (nSPS) is 16.0. The Bertz CT molecular complexity index is 806. The van der Waals surface area contributed by atoms with Gasteiger partial charge in [-0.2, -0.15) is 5.26 Å². The summed E-state index contributed by atoms with van der Waals surface area (Å²) in [6.45, 7) is 5.89. The number of anilines is 1. The molecule has 0 unspecified atom stereocenters. The number of rotatable bonds is 6. The van der Waals surface area contributed by atoms with E-state index in [1.54, 1.807) is 0 Å². The number of nitrogens with zero attached hydrogens (tertiary/aromatic N) is 3. The number of halogens is 2. The summed E-state index contributed by atoms with van der Waals surface area (Å²) in [7, 11) is 0. The van der Waals surface area contributed by atoms with Gasteiger partial charge in [-0.3, -0.25) is 4.90 Å². The Morgan fingerprint density at radius 1 is 1.31 bits per heavy atom. The van der Waals surface area contributed by atoms with E-state index in [0.29, 0.717) is 23.9 Å². The molecule has 1 aromatic carbocycles. The van der Waals surface area contributed by atoms with Crippen molar-refractivity contribution < 1.29 is 13.2 Å². The number of nitrogens with one attached hydrogen (secondary N) is 1. The molecule has 7 heteroatoms. The molecule has 3 rings (SSSR count). The minimum atomic E-state index is -0.594. The average Bonchev–Trinajstić information content (AvgIpc) is 3.26. The first kappa shape index (κ1) is 18.3. The standard InChI is InChI=1S/C19H22F2N4O/c1-12(2)18-24-16(10-22)19(26-18)23-11-17(25-7-3-4-8-25)14-6-5-13(20)9-15(14)21/h5-6,9,12,17,23H,3-4,7-8,11H2,1-2H3/t17-/m1/s1. The van der Waals surface area contributed by atoms with Gasteiger partial charge in [0.15, 0.2) is 0 Å². The highest BCUT2D eigenvalue weighted by molar-refractivity contribution is 5.46. The molecule has 0 bridgehead atoms. The lowest BCUT2D eigenvalue weighted by molar-refractivity contribution is 0.249. The van der Waals surface area contributed by atoms with Crippen LogP contribution in [0.5, 0.6) is 0 Å². The summed E-state index contributed by atoms with van der Waals surface area (Å²) in [4.78, 5) is 6.34. The average molecular weight is 360 g/mol. The Labute approximate surface area is 151 Å². The molecular formula is C19H22F2N4O. The molecule has 2 aromatic rings. The quantitative estimate of drug-likeness (QED) is 0.836. The summed E-state index contributed by atoms with van der Waals surface area (Å²) in [6.07, 6.45) is 2.09. The highest BCUT2D eigenvalue weighted by atomic mass is 19.1. The fraction of sp³-hybridized carbons (Fsp3) is 0.474. The van der Waals surface area contributed by atoms with Crippen LogP contribution in [0.3, 0.4) is 0 Å². The second-order valence-corrected chi connectivity index (χ2v) is 6.80. The lowest BCUT2D eigenvalue weighted by Gasteiger charge is -2.28. The van der Waals surface area contributed by atoms with Crippen LogP contribution in [0.1, 0.15) is 55.8 Å². The Kier molecular flexibility index (Phi) is 5.52. The highest BCUT2D eigenvalue weighted by Gasteiger charge is 2.27. The zero-order valence-corrected chi connectivity index (χ0v) is 14.9. The number of nitriles is 1. The van der Waals surface area contributed by atoms with Crippen LogP contribution in [0.25, 0.3) is 0 Å². The molecule has 1 fully saturated rings. The van der Waals surface area contributed by atoms with Gasteiger partial charge in [0.1, 0.15) is 17.7 Å². The van der Waals surface area contributed by atoms with E-state index in [4.69, 9.17) is 4.42 Å². The maximum absolute atomic E-state index is 14.4. The number of aromatic nitrogens is 1. The van der Waals surface area contributed by atoms with Crippen molar-refractivity contribution in [1.82, 2.24) is 9.88 Å². The first-order valence-electron chi connectivity index (χ1n) is 8.83. The summed E-state index contributed by atoms with van der Waals surface area (Å²) >= 11 is 0. The van der Waals surface area contributed by atoms with Crippen molar-refractivity contribution in [3.8, 4) is 6.07 Å². The van der Waals surface area contributed by atoms with Crippen LogP contribution in [0.4, 0.5) is 14.7 Å². The van der Waals surface area contributed by atoms with Crippen molar-refractivity contribution in [3.63, 3.8) is 0 Å². The van der Waals surface area contributed by atoms with Crippen LogP contribution in [-0.2, 0) is 0 Å². The minimum absolute atomic E-state index is 0.0570. The molecule has 1 N–H and O–H groups in total. The molecule has 0 spiro atoms. The molecule has 1 aliphatic rings. The van der Waals surface area contributed by atoms with E-state index in [1.165, 1.54) is 12.1 Å². The Morgan fingerprint density at radius 3 is 2.65 bits per heavy atom. The number of hydrogen-bond acceptors (Lipinski definition) is 5. The van der Waals surface area contributed by atoms with E-state index < -0.39 is 11.6 Å². The van der Waals surface area contributed by atoms with Crippen LogP contribution >= 0.6 is 0 Å². The number of oxazole rings is 1. The first-order valence-corrected chi connectivity index (χ1v) is 8.83. The van der Waals surface area contributed by atoms with Crippen molar-refractivity contribution in [1.29, 1.82) is 5.26 Å². The molecule has 2 heterocycles. The van der Waals surface area contributed by atoms with Gasteiger partial charge in [-0.05, 0) is 32.0 Å². The third-order valence-electron chi connectivity index (χ3n) is 4.60. The van der Waals surface area contributed by atoms with Gasteiger partial charge in [-0.15, -0.1) is 0 Å². The summed E-state index contributed by atoms with van der Waals surface area (Å²) in [6, 6.07) is 5.40. The molecule has 1 aliphatic heterocycles. The number of hydrogen-bond donors (Lipinski definition) is 1. The molecule has 1 saturated heterocycles. The molecule has 0 saturated carbocycles. The van der Waals surface area contributed by atoms with Crippen molar-refractivity contribution in [3.05, 3.63) is 47.0 Å². The molecule has 0 aliphatic carbocycles. The van der Waals surface area contributed by atoms with E-state index in [2.05, 4.69) is 15.2 Å². The number of likely N-dealkylation sites (tertiary alicyclic amines) is 1. The summed E-state index contributed by atoms with van der Waals surface area (Å²) < 4.78 is 33.3. The zero-order valence-electron chi connectivity index (χ0n) is 14.9. The van der Waals surface area contributed by atoms with E-state index in [9.17, 15) is 14.0 Å². The third kappa shape index (κ3) is 3.86. The van der Waals surface area contributed by atoms with E-state index in [-0.39, 0.29) is 17.7 Å². The summed E-state index contributed by atoms with van der Waals surface area (Å²) in [5.41, 5.74) is 0.622. The Morgan fingerprint density at radius 2 is 2.04 bits per heavy atom. The van der Waals surface area contributed by atoms with Crippen molar-refractivity contribution in [2.45, 2.75) is 38.6 Å². The molecule has 0 radical (unpaired) electrons. The van der Waals surface area contributed by atoms with Gasteiger partial charge in [0.2, 0.25) is 17.5 Å². The molecule has 26 heavy (non-hydrogen) atoms. The maximum Gasteiger partial charge on any atom is 0.232 e. The van der Waals surface area contributed by atoms with Gasteiger partial charge in [0, 0.05) is 24.1 Å². The van der Waals surface area contributed by atoms with Crippen molar-refractivity contribution >= 4 is 5.88 Å². The maximum atomic E-state index is 14.4. The fourth-order valence-corrected chi connectivity index (χ4v) is 3.23. The molecule has 1 atom stereocenters.